The molecule has 7 heteroatoms. The summed E-state index contributed by atoms with van der Waals surface area (Å²) < 4.78 is 10.8. The summed E-state index contributed by atoms with van der Waals surface area (Å²) in [5.74, 6) is 0.575. The second-order valence-corrected chi connectivity index (χ2v) is 6.36. The van der Waals surface area contributed by atoms with Crippen molar-refractivity contribution in [2.24, 2.45) is 0 Å². The van der Waals surface area contributed by atoms with E-state index < -0.39 is 6.10 Å². The van der Waals surface area contributed by atoms with Gasteiger partial charge in [-0.05, 0) is 49.6 Å². The molecular weight excluding hydrogens is 340 g/mol. The molecule has 0 spiro atoms. The number of carbonyl (C=O) groups excluding carboxylic acids is 2. The maximum absolute atomic E-state index is 12.6. The Morgan fingerprint density at radius 1 is 1.28 bits per heavy atom. The van der Waals surface area contributed by atoms with Crippen molar-refractivity contribution in [2.45, 2.75) is 17.9 Å². The quantitative estimate of drug-likeness (QED) is 0.820. The molecule has 2 aromatic carbocycles. The molecule has 2 amide bonds. The summed E-state index contributed by atoms with van der Waals surface area (Å²) in [6, 6.07) is 10.5. The third-order valence-corrected chi connectivity index (χ3v) is 4.55. The highest BCUT2D eigenvalue weighted by molar-refractivity contribution is 7.98. The molecule has 0 aliphatic carbocycles. The molecule has 130 valence electrons. The number of ether oxygens (including phenoxy) is 2. The number of benzene rings is 2. The van der Waals surface area contributed by atoms with Crippen LogP contribution < -0.4 is 20.1 Å². The molecule has 0 bridgehead atoms. The fourth-order valence-corrected chi connectivity index (χ4v) is 2.90. The van der Waals surface area contributed by atoms with Crippen LogP contribution in [-0.4, -0.2) is 31.3 Å². The van der Waals surface area contributed by atoms with Gasteiger partial charge >= 0.3 is 0 Å². The van der Waals surface area contributed by atoms with Crippen molar-refractivity contribution in [3.63, 3.8) is 0 Å². The van der Waals surface area contributed by atoms with Gasteiger partial charge in [-0.3, -0.25) is 9.59 Å². The molecule has 0 aromatic heterocycles. The molecule has 1 heterocycles. The van der Waals surface area contributed by atoms with E-state index in [1.807, 2.05) is 18.4 Å². The molecule has 25 heavy (non-hydrogen) atoms. The van der Waals surface area contributed by atoms with E-state index >= 15 is 0 Å². The topological polar surface area (TPSA) is 76.7 Å². The van der Waals surface area contributed by atoms with Crippen molar-refractivity contribution in [3.8, 4) is 11.5 Å². The number of fused-ring (bicyclic) bond motifs is 1. The van der Waals surface area contributed by atoms with Crippen LogP contribution in [0, 0.1) is 0 Å². The zero-order valence-corrected chi connectivity index (χ0v) is 14.9. The van der Waals surface area contributed by atoms with E-state index in [1.54, 1.807) is 43.0 Å². The molecule has 1 aliphatic rings. The summed E-state index contributed by atoms with van der Waals surface area (Å²) >= 11 is 1.57. The largest absolute Gasteiger partial charge is 0.496 e. The van der Waals surface area contributed by atoms with E-state index in [1.165, 1.54) is 7.11 Å². The number of carbonyl (C=O) groups is 2. The summed E-state index contributed by atoms with van der Waals surface area (Å²) in [5, 5.41) is 5.57. The Morgan fingerprint density at radius 2 is 2.08 bits per heavy atom. The normalized spacial score (nSPS) is 15.6. The van der Waals surface area contributed by atoms with E-state index in [2.05, 4.69) is 10.6 Å². The van der Waals surface area contributed by atoms with Gasteiger partial charge in [0.15, 0.2) is 6.10 Å². The maximum Gasteiger partial charge on any atom is 0.265 e. The monoisotopic (exact) mass is 358 g/mol. The summed E-state index contributed by atoms with van der Waals surface area (Å²) in [7, 11) is 1.53. The Balaban J connectivity index is 1.82. The van der Waals surface area contributed by atoms with Gasteiger partial charge in [0.25, 0.3) is 11.8 Å². The molecule has 2 N–H and O–H groups in total. The Labute approximate surface area is 149 Å². The van der Waals surface area contributed by atoms with Crippen LogP contribution >= 0.6 is 11.8 Å². The second-order valence-electron chi connectivity index (χ2n) is 5.48. The van der Waals surface area contributed by atoms with Crippen molar-refractivity contribution in [2.75, 3.05) is 24.0 Å². The minimum absolute atomic E-state index is 0.217. The third kappa shape index (κ3) is 3.56. The van der Waals surface area contributed by atoms with Crippen molar-refractivity contribution >= 4 is 35.0 Å². The van der Waals surface area contributed by atoms with Gasteiger partial charge < -0.3 is 20.1 Å². The molecule has 0 saturated heterocycles. The van der Waals surface area contributed by atoms with Gasteiger partial charge in [0.2, 0.25) is 0 Å². The highest BCUT2D eigenvalue weighted by Crippen LogP contribution is 2.33. The number of anilines is 2. The highest BCUT2D eigenvalue weighted by Gasteiger charge is 2.24. The van der Waals surface area contributed by atoms with Gasteiger partial charge in [0.1, 0.15) is 11.5 Å². The van der Waals surface area contributed by atoms with Gasteiger partial charge in [-0.25, -0.2) is 0 Å². The number of rotatable bonds is 4. The first-order valence-electron chi connectivity index (χ1n) is 7.66. The molecule has 0 radical (unpaired) electrons. The number of methoxy groups -OCH3 is 1. The molecule has 1 atom stereocenters. The third-order valence-electron chi connectivity index (χ3n) is 3.82. The summed E-state index contributed by atoms with van der Waals surface area (Å²) in [5.41, 5.74) is 1.52. The van der Waals surface area contributed by atoms with E-state index in [0.29, 0.717) is 28.4 Å². The molecule has 3 rings (SSSR count). The Kier molecular flexibility index (Phi) is 4.85. The van der Waals surface area contributed by atoms with Gasteiger partial charge in [-0.2, -0.15) is 0 Å². The predicted octanol–water partition coefficient (Wildman–Crippen LogP) is 3.39. The Hall–Kier alpha value is -2.67. The second kappa shape index (κ2) is 7.06. The molecule has 0 fully saturated rings. The van der Waals surface area contributed by atoms with Crippen molar-refractivity contribution in [1.29, 1.82) is 0 Å². The van der Waals surface area contributed by atoms with Crippen LogP contribution in [0.1, 0.15) is 17.3 Å². The zero-order valence-electron chi connectivity index (χ0n) is 14.1. The number of nitrogens with one attached hydrogen (secondary N) is 2. The van der Waals surface area contributed by atoms with Gasteiger partial charge in [0, 0.05) is 10.6 Å². The van der Waals surface area contributed by atoms with Crippen molar-refractivity contribution < 1.29 is 19.1 Å². The SMILES string of the molecule is COc1cc(SC)ccc1C(=O)Nc1ccc2c(c1)NC(=O)[C@H](C)O2. The lowest BCUT2D eigenvalue weighted by Crippen LogP contribution is -2.34. The maximum atomic E-state index is 12.6. The summed E-state index contributed by atoms with van der Waals surface area (Å²) in [6.07, 6.45) is 1.42. The first kappa shape index (κ1) is 17.2. The molecule has 1 aliphatic heterocycles. The molecule has 0 saturated carbocycles. The van der Waals surface area contributed by atoms with Crippen LogP contribution in [0.15, 0.2) is 41.3 Å². The first-order valence-corrected chi connectivity index (χ1v) is 8.89. The molecule has 6 nitrogen and oxygen atoms in total. The van der Waals surface area contributed by atoms with Crippen molar-refractivity contribution in [1.82, 2.24) is 0 Å². The highest BCUT2D eigenvalue weighted by atomic mass is 32.2. The lowest BCUT2D eigenvalue weighted by Gasteiger charge is -2.23. The molecular formula is C18H18N2O4S. The number of hydrogen-bond acceptors (Lipinski definition) is 5. The van der Waals surface area contributed by atoms with E-state index in [0.717, 1.165) is 4.90 Å². The van der Waals surface area contributed by atoms with Gasteiger partial charge in [-0.1, -0.05) is 0 Å². The van der Waals surface area contributed by atoms with Crippen LogP contribution in [-0.2, 0) is 4.79 Å². The van der Waals surface area contributed by atoms with E-state index in [-0.39, 0.29) is 11.8 Å². The fraction of sp³-hybridized carbons (Fsp3) is 0.222. The van der Waals surface area contributed by atoms with Crippen LogP contribution in [0.3, 0.4) is 0 Å². The Bertz CT molecular complexity index is 838. The minimum atomic E-state index is -0.535. The standard InChI is InChI=1S/C18H18N2O4S/c1-10-17(21)20-14-8-11(4-7-15(14)24-10)19-18(22)13-6-5-12(25-3)9-16(13)23-2/h4-10H,1-3H3,(H,19,22)(H,20,21)/t10-/m0/s1. The Morgan fingerprint density at radius 3 is 2.80 bits per heavy atom. The number of amides is 2. The van der Waals surface area contributed by atoms with Crippen LogP contribution in [0.4, 0.5) is 11.4 Å². The fourth-order valence-electron chi connectivity index (χ4n) is 2.47. The lowest BCUT2D eigenvalue weighted by molar-refractivity contribution is -0.122. The summed E-state index contributed by atoms with van der Waals surface area (Å²) in [6.45, 7) is 1.68. The van der Waals surface area contributed by atoms with Crippen molar-refractivity contribution in [3.05, 3.63) is 42.0 Å². The van der Waals surface area contributed by atoms with Crippen LogP contribution in [0.2, 0.25) is 0 Å². The number of thioether (sulfide) groups is 1. The van der Waals surface area contributed by atoms with E-state index in [4.69, 9.17) is 9.47 Å². The summed E-state index contributed by atoms with van der Waals surface area (Å²) in [4.78, 5) is 25.3. The smallest absolute Gasteiger partial charge is 0.265 e. The van der Waals surface area contributed by atoms with Gasteiger partial charge in [0.05, 0.1) is 18.4 Å². The van der Waals surface area contributed by atoms with Gasteiger partial charge in [-0.15, -0.1) is 11.8 Å². The minimum Gasteiger partial charge on any atom is -0.496 e. The van der Waals surface area contributed by atoms with Crippen LogP contribution in [0.5, 0.6) is 11.5 Å². The van der Waals surface area contributed by atoms with Crippen LogP contribution in [0.25, 0.3) is 0 Å². The van der Waals surface area contributed by atoms with E-state index in [9.17, 15) is 9.59 Å². The average molecular weight is 358 g/mol. The number of hydrogen-bond donors (Lipinski definition) is 2. The molecule has 0 unspecified atom stereocenters. The lowest BCUT2D eigenvalue weighted by atomic mass is 10.1. The zero-order chi connectivity index (χ0) is 18.0. The predicted molar refractivity (Wildman–Crippen MR) is 97.9 cm³/mol. The average Bonchev–Trinajstić information content (AvgIpc) is 2.62. The first-order chi connectivity index (χ1) is 12.0. The molecule has 2 aromatic rings.